The highest BCUT2D eigenvalue weighted by molar-refractivity contribution is 8.01. The number of amides is 1. The second-order valence-corrected chi connectivity index (χ2v) is 7.91. The molecule has 0 aromatic rings. The van der Waals surface area contributed by atoms with Gasteiger partial charge in [0.1, 0.15) is 6.04 Å². The summed E-state index contributed by atoms with van der Waals surface area (Å²) in [5.41, 5.74) is 0. The van der Waals surface area contributed by atoms with Crippen LogP contribution in [0, 0.1) is 0 Å². The highest BCUT2D eigenvalue weighted by Crippen LogP contribution is 2.25. The van der Waals surface area contributed by atoms with Crippen LogP contribution in [0.4, 0.5) is 0 Å². The van der Waals surface area contributed by atoms with Crippen LogP contribution >= 0.6 is 11.8 Å². The Balaban J connectivity index is 2.31. The minimum absolute atomic E-state index is 0.0572. The van der Waals surface area contributed by atoms with Crippen molar-refractivity contribution in [3.05, 3.63) is 0 Å². The summed E-state index contributed by atoms with van der Waals surface area (Å²) in [6.07, 6.45) is 0.932. The minimum atomic E-state index is -2.89. The van der Waals surface area contributed by atoms with Gasteiger partial charge in [-0.1, -0.05) is 0 Å². The first-order valence-corrected chi connectivity index (χ1v) is 8.49. The van der Waals surface area contributed by atoms with E-state index in [4.69, 9.17) is 5.11 Å². The van der Waals surface area contributed by atoms with E-state index in [1.54, 1.807) is 0 Å². The van der Waals surface area contributed by atoms with Crippen molar-refractivity contribution >= 4 is 33.5 Å². The lowest BCUT2D eigenvalue weighted by molar-refractivity contribution is -0.141. The molecule has 2 N–H and O–H groups in total. The van der Waals surface area contributed by atoms with E-state index in [0.717, 1.165) is 0 Å². The maximum absolute atomic E-state index is 11.2. The normalized spacial score (nSPS) is 23.5. The Bertz CT molecular complexity index is 420. The molecule has 0 aromatic heterocycles. The quantitative estimate of drug-likeness (QED) is 0.709. The van der Waals surface area contributed by atoms with E-state index in [9.17, 15) is 18.0 Å². The zero-order valence-electron chi connectivity index (χ0n) is 10.1. The van der Waals surface area contributed by atoms with Gasteiger partial charge in [-0.05, 0) is 18.6 Å². The van der Waals surface area contributed by atoms with E-state index >= 15 is 0 Å². The molecule has 6 nitrogen and oxygen atoms in total. The third-order valence-corrected chi connectivity index (χ3v) is 5.95. The number of carboxylic acid groups (broad SMARTS) is 1. The van der Waals surface area contributed by atoms with Gasteiger partial charge in [-0.2, -0.15) is 11.8 Å². The second-order valence-electron chi connectivity index (χ2n) is 4.28. The van der Waals surface area contributed by atoms with Gasteiger partial charge in [0.2, 0.25) is 5.91 Å². The number of rotatable bonds is 6. The minimum Gasteiger partial charge on any atom is -0.480 e. The van der Waals surface area contributed by atoms with Crippen LogP contribution in [0.25, 0.3) is 0 Å². The molecule has 1 fully saturated rings. The molecule has 0 bridgehead atoms. The highest BCUT2D eigenvalue weighted by Gasteiger charge is 2.28. The Labute approximate surface area is 110 Å². The number of thioether (sulfide) groups is 1. The second kappa shape index (κ2) is 6.42. The Morgan fingerprint density at radius 1 is 1.50 bits per heavy atom. The molecule has 1 aliphatic rings. The predicted molar refractivity (Wildman–Crippen MR) is 69.4 cm³/mol. The number of sulfone groups is 1. The van der Waals surface area contributed by atoms with Crippen molar-refractivity contribution in [3.63, 3.8) is 0 Å². The number of nitrogens with one attached hydrogen (secondary N) is 1. The van der Waals surface area contributed by atoms with E-state index in [0.29, 0.717) is 18.6 Å². The fourth-order valence-electron chi connectivity index (χ4n) is 1.75. The van der Waals surface area contributed by atoms with Crippen LogP contribution in [0.1, 0.15) is 19.8 Å². The molecule has 0 radical (unpaired) electrons. The van der Waals surface area contributed by atoms with E-state index < -0.39 is 21.8 Å². The van der Waals surface area contributed by atoms with Crippen LogP contribution in [0.5, 0.6) is 0 Å². The summed E-state index contributed by atoms with van der Waals surface area (Å²) in [5.74, 6) is -0.521. The van der Waals surface area contributed by atoms with Crippen LogP contribution in [-0.4, -0.2) is 54.0 Å². The lowest BCUT2D eigenvalue weighted by Crippen LogP contribution is -2.40. The standard InChI is InChI=1S/C10H17NO5S2/c1-7(12)11-9(10(13)14)2-4-17-8-3-5-18(15,16)6-8/h8-9H,2-6H2,1H3,(H,11,12)(H,13,14). The molecule has 1 heterocycles. The van der Waals surface area contributed by atoms with Gasteiger partial charge in [0.05, 0.1) is 11.5 Å². The molecule has 8 heteroatoms. The monoisotopic (exact) mass is 295 g/mol. The number of carbonyl (C=O) groups excluding carboxylic acids is 1. The molecule has 1 rings (SSSR count). The lowest BCUT2D eigenvalue weighted by Gasteiger charge is -2.14. The Morgan fingerprint density at radius 2 is 2.17 bits per heavy atom. The van der Waals surface area contributed by atoms with Crippen LogP contribution in [-0.2, 0) is 19.4 Å². The van der Waals surface area contributed by atoms with Gasteiger partial charge in [0.25, 0.3) is 0 Å². The maximum Gasteiger partial charge on any atom is 0.326 e. The number of aliphatic carboxylic acids is 1. The number of carbonyl (C=O) groups is 2. The molecular formula is C10H17NO5S2. The first kappa shape index (κ1) is 15.3. The van der Waals surface area contributed by atoms with Crippen molar-refractivity contribution in [1.82, 2.24) is 5.32 Å². The average molecular weight is 295 g/mol. The fourth-order valence-corrected chi connectivity index (χ4v) is 5.44. The van der Waals surface area contributed by atoms with Gasteiger partial charge in [-0.15, -0.1) is 0 Å². The summed E-state index contributed by atoms with van der Waals surface area (Å²) in [7, 11) is -2.89. The molecule has 0 saturated carbocycles. The smallest absolute Gasteiger partial charge is 0.326 e. The maximum atomic E-state index is 11.2. The molecule has 0 aliphatic carbocycles. The van der Waals surface area contributed by atoms with Gasteiger partial charge < -0.3 is 10.4 Å². The van der Waals surface area contributed by atoms with Crippen molar-refractivity contribution in [3.8, 4) is 0 Å². The lowest BCUT2D eigenvalue weighted by atomic mass is 10.2. The Morgan fingerprint density at radius 3 is 2.61 bits per heavy atom. The van der Waals surface area contributed by atoms with Crippen LogP contribution in [0.3, 0.4) is 0 Å². The zero-order valence-corrected chi connectivity index (χ0v) is 11.7. The number of carboxylic acids is 1. The van der Waals surface area contributed by atoms with Gasteiger partial charge in [-0.25, -0.2) is 13.2 Å². The van der Waals surface area contributed by atoms with Crippen LogP contribution < -0.4 is 5.32 Å². The Hall–Kier alpha value is -0.760. The van der Waals surface area contributed by atoms with E-state index in [2.05, 4.69) is 5.32 Å². The van der Waals surface area contributed by atoms with Crippen molar-refractivity contribution in [2.75, 3.05) is 17.3 Å². The highest BCUT2D eigenvalue weighted by atomic mass is 32.2. The molecule has 1 amide bonds. The zero-order chi connectivity index (χ0) is 13.8. The molecule has 1 aliphatic heterocycles. The first-order valence-electron chi connectivity index (χ1n) is 5.62. The summed E-state index contributed by atoms with van der Waals surface area (Å²) >= 11 is 1.47. The summed E-state index contributed by atoms with van der Waals surface area (Å²) in [6.45, 7) is 1.27. The van der Waals surface area contributed by atoms with E-state index in [-0.39, 0.29) is 22.7 Å². The largest absolute Gasteiger partial charge is 0.480 e. The van der Waals surface area contributed by atoms with Gasteiger partial charge >= 0.3 is 5.97 Å². The summed E-state index contributed by atoms with van der Waals surface area (Å²) < 4.78 is 22.5. The molecule has 2 atom stereocenters. The molecule has 1 saturated heterocycles. The van der Waals surface area contributed by atoms with E-state index in [1.165, 1.54) is 18.7 Å². The van der Waals surface area contributed by atoms with Crippen LogP contribution in [0.15, 0.2) is 0 Å². The third-order valence-electron chi connectivity index (χ3n) is 2.63. The van der Waals surface area contributed by atoms with Crippen molar-refractivity contribution < 1.29 is 23.1 Å². The number of hydrogen-bond donors (Lipinski definition) is 2. The first-order chi connectivity index (χ1) is 8.30. The Kier molecular flexibility index (Phi) is 5.46. The molecular weight excluding hydrogens is 278 g/mol. The topological polar surface area (TPSA) is 101 Å². The SMILES string of the molecule is CC(=O)NC(CCSC1CCS(=O)(=O)C1)C(=O)O. The average Bonchev–Trinajstić information content (AvgIpc) is 2.56. The van der Waals surface area contributed by atoms with Crippen molar-refractivity contribution in [1.29, 1.82) is 0 Å². The van der Waals surface area contributed by atoms with E-state index in [1.807, 2.05) is 0 Å². The molecule has 104 valence electrons. The number of hydrogen-bond acceptors (Lipinski definition) is 5. The summed E-state index contributed by atoms with van der Waals surface area (Å²) in [6, 6.07) is -0.895. The molecule has 2 unspecified atom stereocenters. The fraction of sp³-hybridized carbons (Fsp3) is 0.800. The molecule has 0 spiro atoms. The summed E-state index contributed by atoms with van der Waals surface area (Å²) in [5, 5.41) is 11.3. The molecule has 18 heavy (non-hydrogen) atoms. The summed E-state index contributed by atoms with van der Waals surface area (Å²) in [4.78, 5) is 21.6. The van der Waals surface area contributed by atoms with Crippen molar-refractivity contribution in [2.45, 2.75) is 31.1 Å². The van der Waals surface area contributed by atoms with Gasteiger partial charge in [0, 0.05) is 12.2 Å². The predicted octanol–water partition coefficient (Wildman–Crippen LogP) is -0.114. The molecule has 0 aromatic carbocycles. The third kappa shape index (κ3) is 5.26. The van der Waals surface area contributed by atoms with Crippen molar-refractivity contribution in [2.24, 2.45) is 0 Å². The van der Waals surface area contributed by atoms with Gasteiger partial charge in [-0.3, -0.25) is 4.79 Å². The van der Waals surface area contributed by atoms with Gasteiger partial charge in [0.15, 0.2) is 9.84 Å². The van der Waals surface area contributed by atoms with Crippen LogP contribution in [0.2, 0.25) is 0 Å².